The van der Waals surface area contributed by atoms with E-state index < -0.39 is 11.7 Å². The van der Waals surface area contributed by atoms with Crippen LogP contribution >= 0.6 is 0 Å². The van der Waals surface area contributed by atoms with Crippen LogP contribution in [-0.4, -0.2) is 9.55 Å². The van der Waals surface area contributed by atoms with Gasteiger partial charge in [0.05, 0.1) is 5.56 Å². The Kier molecular flexibility index (Phi) is 3.01. The number of nitrogens with zero attached hydrogens (tertiary/aromatic N) is 2. The summed E-state index contributed by atoms with van der Waals surface area (Å²) in [4.78, 5) is 16.0. The average Bonchev–Trinajstić information content (AvgIpc) is 2.47. The van der Waals surface area contributed by atoms with E-state index in [1.54, 1.807) is 24.3 Å². The van der Waals surface area contributed by atoms with Crippen molar-refractivity contribution in [2.45, 2.75) is 6.18 Å². The number of rotatable bonds is 1. The molecule has 0 amide bonds. The molecule has 0 atom stereocenters. The molecule has 3 aromatic rings. The van der Waals surface area contributed by atoms with Crippen molar-refractivity contribution in [1.29, 1.82) is 0 Å². The minimum absolute atomic E-state index is 0.152. The Morgan fingerprint density at radius 2 is 1.76 bits per heavy atom. The molecule has 0 fully saturated rings. The molecular weight excluding hydrogens is 281 g/mol. The Bertz CT molecular complexity index is 851. The molecule has 21 heavy (non-hydrogen) atoms. The van der Waals surface area contributed by atoms with Gasteiger partial charge in [-0.1, -0.05) is 18.2 Å². The first-order valence-electron chi connectivity index (χ1n) is 6.11. The monoisotopic (exact) mass is 290 g/mol. The lowest BCUT2D eigenvalue weighted by Crippen LogP contribution is -2.19. The molecule has 0 saturated heterocycles. The molecule has 2 heterocycles. The van der Waals surface area contributed by atoms with E-state index in [-0.39, 0.29) is 11.4 Å². The van der Waals surface area contributed by atoms with Crippen LogP contribution < -0.4 is 5.56 Å². The van der Waals surface area contributed by atoms with Gasteiger partial charge in [-0.2, -0.15) is 13.2 Å². The van der Waals surface area contributed by atoms with Crippen LogP contribution in [0.3, 0.4) is 0 Å². The van der Waals surface area contributed by atoms with Gasteiger partial charge in [0, 0.05) is 17.8 Å². The van der Waals surface area contributed by atoms with Crippen molar-refractivity contribution in [3.63, 3.8) is 0 Å². The molecule has 0 spiro atoms. The summed E-state index contributed by atoms with van der Waals surface area (Å²) in [7, 11) is 0. The average molecular weight is 290 g/mol. The second-order valence-electron chi connectivity index (χ2n) is 4.48. The zero-order chi connectivity index (χ0) is 15.0. The predicted octanol–water partition coefficient (Wildman–Crippen LogP) is 3.40. The van der Waals surface area contributed by atoms with Crippen molar-refractivity contribution < 1.29 is 13.2 Å². The molecule has 3 nitrogen and oxygen atoms in total. The van der Waals surface area contributed by atoms with E-state index >= 15 is 0 Å². The second-order valence-corrected chi connectivity index (χ2v) is 4.48. The normalized spacial score (nSPS) is 11.8. The van der Waals surface area contributed by atoms with Crippen molar-refractivity contribution in [2.75, 3.05) is 0 Å². The SMILES string of the molecule is O=c1c2ccccc2ccn1-c1ccc(C(F)(F)F)cn1. The molecule has 6 heteroatoms. The van der Waals surface area contributed by atoms with Gasteiger partial charge in [0.2, 0.25) is 0 Å². The fourth-order valence-electron chi connectivity index (χ4n) is 2.07. The van der Waals surface area contributed by atoms with Crippen LogP contribution in [0.1, 0.15) is 5.56 Å². The summed E-state index contributed by atoms with van der Waals surface area (Å²) in [6.07, 6.45) is -2.23. The molecule has 0 saturated carbocycles. The number of hydrogen-bond acceptors (Lipinski definition) is 2. The number of aromatic nitrogens is 2. The lowest BCUT2D eigenvalue weighted by molar-refractivity contribution is -0.137. The smallest absolute Gasteiger partial charge is 0.268 e. The third-order valence-electron chi connectivity index (χ3n) is 3.14. The van der Waals surface area contributed by atoms with Gasteiger partial charge in [-0.15, -0.1) is 0 Å². The third kappa shape index (κ3) is 2.40. The van der Waals surface area contributed by atoms with Crippen LogP contribution in [-0.2, 0) is 6.18 Å². The Morgan fingerprint density at radius 3 is 2.43 bits per heavy atom. The predicted molar refractivity (Wildman–Crippen MR) is 72.3 cm³/mol. The van der Waals surface area contributed by atoms with Crippen LogP contribution in [0, 0.1) is 0 Å². The Balaban J connectivity index is 2.13. The Morgan fingerprint density at radius 1 is 1.00 bits per heavy atom. The lowest BCUT2D eigenvalue weighted by atomic mass is 10.2. The zero-order valence-electron chi connectivity index (χ0n) is 10.6. The summed E-state index contributed by atoms with van der Waals surface area (Å²) in [6, 6.07) is 10.8. The molecule has 0 aliphatic heterocycles. The number of pyridine rings is 2. The van der Waals surface area contributed by atoms with Gasteiger partial charge in [-0.25, -0.2) is 4.98 Å². The molecule has 2 aromatic heterocycles. The second kappa shape index (κ2) is 4.73. The van der Waals surface area contributed by atoms with E-state index in [0.717, 1.165) is 17.6 Å². The number of alkyl halides is 3. The van der Waals surface area contributed by atoms with Crippen molar-refractivity contribution in [3.05, 3.63) is 70.8 Å². The largest absolute Gasteiger partial charge is 0.417 e. The van der Waals surface area contributed by atoms with Crippen LogP contribution in [0.5, 0.6) is 0 Å². The van der Waals surface area contributed by atoms with E-state index in [9.17, 15) is 18.0 Å². The highest BCUT2D eigenvalue weighted by Crippen LogP contribution is 2.28. The molecule has 0 aliphatic carbocycles. The first-order valence-corrected chi connectivity index (χ1v) is 6.11. The van der Waals surface area contributed by atoms with Gasteiger partial charge in [0.15, 0.2) is 0 Å². The zero-order valence-corrected chi connectivity index (χ0v) is 10.6. The molecule has 1 aromatic carbocycles. The molecule has 0 radical (unpaired) electrons. The minimum Gasteiger partial charge on any atom is -0.268 e. The lowest BCUT2D eigenvalue weighted by Gasteiger charge is -2.09. The maximum absolute atomic E-state index is 12.5. The summed E-state index contributed by atoms with van der Waals surface area (Å²) < 4.78 is 38.7. The van der Waals surface area contributed by atoms with E-state index in [1.807, 2.05) is 6.07 Å². The van der Waals surface area contributed by atoms with Crippen molar-refractivity contribution in [2.24, 2.45) is 0 Å². The maximum Gasteiger partial charge on any atom is 0.417 e. The van der Waals surface area contributed by atoms with Gasteiger partial charge in [-0.3, -0.25) is 9.36 Å². The fourth-order valence-corrected chi connectivity index (χ4v) is 2.07. The highest BCUT2D eigenvalue weighted by molar-refractivity contribution is 5.81. The van der Waals surface area contributed by atoms with Crippen LogP contribution in [0.15, 0.2) is 59.7 Å². The first-order chi connectivity index (χ1) is 9.97. The van der Waals surface area contributed by atoms with E-state index in [2.05, 4.69) is 4.98 Å². The van der Waals surface area contributed by atoms with Gasteiger partial charge in [0.25, 0.3) is 5.56 Å². The van der Waals surface area contributed by atoms with E-state index in [4.69, 9.17) is 0 Å². The highest BCUT2D eigenvalue weighted by Gasteiger charge is 2.30. The van der Waals surface area contributed by atoms with Crippen molar-refractivity contribution in [3.8, 4) is 5.82 Å². The van der Waals surface area contributed by atoms with E-state index in [0.29, 0.717) is 5.39 Å². The van der Waals surface area contributed by atoms with Crippen molar-refractivity contribution >= 4 is 10.8 Å². The maximum atomic E-state index is 12.5. The fraction of sp³-hybridized carbons (Fsp3) is 0.0667. The molecule has 0 aliphatic rings. The summed E-state index contributed by atoms with van der Waals surface area (Å²) in [5.41, 5.74) is -1.17. The molecule has 0 unspecified atom stereocenters. The first kappa shape index (κ1) is 13.4. The van der Waals surface area contributed by atoms with E-state index in [1.165, 1.54) is 16.8 Å². The molecular formula is C15H9F3N2O. The topological polar surface area (TPSA) is 34.9 Å². The number of halogens is 3. The summed E-state index contributed by atoms with van der Waals surface area (Å²) in [5.74, 6) is 0.152. The Hall–Kier alpha value is -2.63. The number of benzene rings is 1. The summed E-state index contributed by atoms with van der Waals surface area (Å²) in [6.45, 7) is 0. The molecule has 0 N–H and O–H groups in total. The summed E-state index contributed by atoms with van der Waals surface area (Å²) >= 11 is 0. The number of hydrogen-bond donors (Lipinski definition) is 0. The molecule has 106 valence electrons. The summed E-state index contributed by atoms with van der Waals surface area (Å²) in [5, 5.41) is 1.26. The van der Waals surface area contributed by atoms with Crippen molar-refractivity contribution in [1.82, 2.24) is 9.55 Å². The molecule has 0 bridgehead atoms. The highest BCUT2D eigenvalue weighted by atomic mass is 19.4. The van der Waals surface area contributed by atoms with Gasteiger partial charge >= 0.3 is 6.18 Å². The Labute approximate surface area is 117 Å². The minimum atomic E-state index is -4.44. The number of fused-ring (bicyclic) bond motifs is 1. The standard InChI is InChI=1S/C15H9F3N2O/c16-15(17,18)11-5-6-13(19-9-11)20-8-7-10-3-1-2-4-12(10)14(20)21/h1-9H. The van der Waals surface area contributed by atoms with Crippen LogP contribution in [0.25, 0.3) is 16.6 Å². The van der Waals surface area contributed by atoms with Crippen LogP contribution in [0.4, 0.5) is 13.2 Å². The quantitative estimate of drug-likeness (QED) is 0.688. The van der Waals surface area contributed by atoms with Gasteiger partial charge in [-0.05, 0) is 29.7 Å². The van der Waals surface area contributed by atoms with Crippen LogP contribution in [0.2, 0.25) is 0 Å². The van der Waals surface area contributed by atoms with Gasteiger partial charge < -0.3 is 0 Å². The third-order valence-corrected chi connectivity index (χ3v) is 3.14. The van der Waals surface area contributed by atoms with Gasteiger partial charge in [0.1, 0.15) is 5.82 Å². The molecule has 3 rings (SSSR count).